The zero-order valence-corrected chi connectivity index (χ0v) is 26.2. The van der Waals surface area contributed by atoms with Crippen molar-refractivity contribution in [3.8, 4) is 0 Å². The first-order valence-electron chi connectivity index (χ1n) is 15.6. The first kappa shape index (κ1) is 30.0. The van der Waals surface area contributed by atoms with Gasteiger partial charge in [-0.1, -0.05) is 19.3 Å². The molecule has 3 fully saturated rings. The van der Waals surface area contributed by atoms with Crippen LogP contribution in [0.5, 0.6) is 0 Å². The monoisotopic (exact) mass is 602 g/mol. The summed E-state index contributed by atoms with van der Waals surface area (Å²) in [4.78, 5) is 57.0. The molecule has 5 heterocycles. The van der Waals surface area contributed by atoms with Crippen LogP contribution in [0.2, 0.25) is 0 Å². The summed E-state index contributed by atoms with van der Waals surface area (Å²) in [5.41, 5.74) is 1.07. The summed E-state index contributed by atoms with van der Waals surface area (Å²) in [6.07, 6.45) is 10.4. The van der Waals surface area contributed by atoms with Gasteiger partial charge >= 0.3 is 5.97 Å². The van der Waals surface area contributed by atoms with Crippen LogP contribution in [-0.4, -0.2) is 91.5 Å². The molecule has 3 aromatic heterocycles. The molecule has 0 spiro atoms. The Kier molecular flexibility index (Phi) is 8.04. The number of amides is 2. The molecule has 0 aromatic carbocycles. The number of nitrogens with one attached hydrogen (secondary N) is 2. The topological polar surface area (TPSA) is 135 Å². The van der Waals surface area contributed by atoms with Crippen LogP contribution < -0.4 is 10.6 Å². The first-order chi connectivity index (χ1) is 21.0. The van der Waals surface area contributed by atoms with E-state index in [4.69, 9.17) is 9.72 Å². The number of hydrogen-bond donors (Lipinski definition) is 2. The number of hydrogen-bond acceptors (Lipinski definition) is 9. The van der Waals surface area contributed by atoms with E-state index in [2.05, 4.69) is 25.2 Å². The molecule has 3 atom stereocenters. The first-order valence-corrected chi connectivity index (χ1v) is 15.6. The molecule has 3 aliphatic rings. The van der Waals surface area contributed by atoms with E-state index in [0.717, 1.165) is 43.9 Å². The smallest absolute Gasteiger partial charge is 0.331 e. The predicted molar refractivity (Wildman–Crippen MR) is 166 cm³/mol. The van der Waals surface area contributed by atoms with Gasteiger partial charge in [-0.15, -0.1) is 0 Å². The highest BCUT2D eigenvalue weighted by molar-refractivity contribution is 5.98. The van der Waals surface area contributed by atoms with E-state index in [-0.39, 0.29) is 29.9 Å². The standard InChI is InChI=1S/C32H42N8O4/c1-32(2,3)44-30(43)26-23-13-12-21(35-23)18-39(26)28(41)19-11-14-25(33-16-19)36-31-34-17-20-15-24(29(42)38(4)5)40(27(20)37-31)22-9-7-6-8-10-22/h11,14-17,21-23,26,35H,6-10,12-13,18H2,1-5H3,(H,33,34,36,37). The number of carbonyl (C=O) groups excluding carboxylic acids is 3. The zero-order valence-electron chi connectivity index (χ0n) is 26.2. The van der Waals surface area contributed by atoms with Gasteiger partial charge in [0.15, 0.2) is 0 Å². The maximum Gasteiger partial charge on any atom is 0.331 e. The van der Waals surface area contributed by atoms with Gasteiger partial charge in [0, 0.05) is 56.5 Å². The summed E-state index contributed by atoms with van der Waals surface area (Å²) in [7, 11) is 3.52. The van der Waals surface area contributed by atoms with Crippen molar-refractivity contribution in [1.29, 1.82) is 0 Å². The molecule has 1 saturated carbocycles. The number of likely N-dealkylation sites (tertiary alicyclic amines) is 1. The summed E-state index contributed by atoms with van der Waals surface area (Å²) in [5, 5.41) is 7.44. The van der Waals surface area contributed by atoms with Gasteiger partial charge in [0.05, 0.1) is 5.56 Å². The number of fused-ring (bicyclic) bond motifs is 3. The van der Waals surface area contributed by atoms with Crippen molar-refractivity contribution in [2.24, 2.45) is 0 Å². The molecule has 6 rings (SSSR count). The Labute approximate surface area is 257 Å². The summed E-state index contributed by atoms with van der Waals surface area (Å²) >= 11 is 0. The van der Waals surface area contributed by atoms with Crippen LogP contribution in [0, 0.1) is 0 Å². The molecule has 0 radical (unpaired) electrons. The van der Waals surface area contributed by atoms with E-state index in [1.807, 2.05) is 26.8 Å². The third kappa shape index (κ3) is 5.99. The number of pyridine rings is 1. The summed E-state index contributed by atoms with van der Waals surface area (Å²) in [6, 6.07) is 4.83. The fourth-order valence-corrected chi connectivity index (χ4v) is 6.72. The van der Waals surface area contributed by atoms with Crippen LogP contribution in [-0.2, 0) is 9.53 Å². The van der Waals surface area contributed by atoms with Crippen LogP contribution in [0.15, 0.2) is 30.6 Å². The summed E-state index contributed by atoms with van der Waals surface area (Å²) in [6.45, 7) is 5.93. The molecule has 44 heavy (non-hydrogen) atoms. The lowest BCUT2D eigenvalue weighted by atomic mass is 9.95. The van der Waals surface area contributed by atoms with Crippen molar-refractivity contribution in [1.82, 2.24) is 34.6 Å². The number of anilines is 2. The molecule has 2 N–H and O–H groups in total. The van der Waals surface area contributed by atoms with Gasteiger partial charge in [0.2, 0.25) is 5.95 Å². The third-order valence-corrected chi connectivity index (χ3v) is 8.71. The van der Waals surface area contributed by atoms with Crippen molar-refractivity contribution in [3.05, 3.63) is 41.9 Å². The van der Waals surface area contributed by atoms with Crippen LogP contribution in [0.4, 0.5) is 11.8 Å². The molecular weight excluding hydrogens is 560 g/mol. The number of nitrogens with zero attached hydrogens (tertiary/aromatic N) is 6. The maximum absolute atomic E-state index is 13.7. The van der Waals surface area contributed by atoms with Crippen molar-refractivity contribution in [2.45, 2.75) is 95.5 Å². The Hall–Kier alpha value is -4.06. The number of esters is 1. The maximum atomic E-state index is 13.7. The number of piperazine rings is 1. The minimum atomic E-state index is -0.692. The summed E-state index contributed by atoms with van der Waals surface area (Å²) < 4.78 is 7.78. The third-order valence-electron chi connectivity index (χ3n) is 8.71. The highest BCUT2D eigenvalue weighted by Gasteiger charge is 2.47. The lowest BCUT2D eigenvalue weighted by Gasteiger charge is -2.40. The summed E-state index contributed by atoms with van der Waals surface area (Å²) in [5.74, 6) is 0.129. The van der Waals surface area contributed by atoms with E-state index in [9.17, 15) is 14.4 Å². The van der Waals surface area contributed by atoms with E-state index in [0.29, 0.717) is 35.2 Å². The number of ether oxygens (including phenoxy) is 1. The van der Waals surface area contributed by atoms with Crippen LogP contribution in [0.1, 0.15) is 92.6 Å². The van der Waals surface area contributed by atoms with Crippen LogP contribution in [0.3, 0.4) is 0 Å². The Morgan fingerprint density at radius 1 is 1.02 bits per heavy atom. The van der Waals surface area contributed by atoms with Gasteiger partial charge in [-0.3, -0.25) is 9.59 Å². The largest absolute Gasteiger partial charge is 0.458 e. The highest BCUT2D eigenvalue weighted by atomic mass is 16.6. The molecule has 12 nitrogen and oxygen atoms in total. The second-order valence-electron chi connectivity index (χ2n) is 13.4. The normalized spacial score (nSPS) is 22.2. The minimum Gasteiger partial charge on any atom is -0.458 e. The lowest BCUT2D eigenvalue weighted by molar-refractivity contribution is -0.162. The number of carbonyl (C=O) groups is 3. The quantitative estimate of drug-likeness (QED) is 0.401. The van der Waals surface area contributed by atoms with Crippen molar-refractivity contribution >= 4 is 40.6 Å². The van der Waals surface area contributed by atoms with Gasteiger partial charge in [0.25, 0.3) is 11.8 Å². The fourth-order valence-electron chi connectivity index (χ4n) is 6.72. The Balaban J connectivity index is 1.23. The van der Waals surface area contributed by atoms with Crippen molar-refractivity contribution < 1.29 is 19.1 Å². The molecule has 234 valence electrons. The zero-order chi connectivity index (χ0) is 31.2. The highest BCUT2D eigenvalue weighted by Crippen LogP contribution is 2.34. The second kappa shape index (κ2) is 11.8. The Bertz CT molecular complexity index is 1550. The number of rotatable bonds is 6. The molecule has 12 heteroatoms. The molecule has 2 aliphatic heterocycles. The molecular formula is C32H42N8O4. The average Bonchev–Trinajstić information content (AvgIpc) is 3.56. The van der Waals surface area contributed by atoms with Crippen LogP contribution in [0.25, 0.3) is 11.0 Å². The van der Waals surface area contributed by atoms with Gasteiger partial charge < -0.3 is 29.7 Å². The fraction of sp³-hybridized carbons (Fsp3) is 0.562. The predicted octanol–water partition coefficient (Wildman–Crippen LogP) is 4.06. The average molecular weight is 603 g/mol. The van der Waals surface area contributed by atoms with E-state index >= 15 is 0 Å². The molecule has 3 unspecified atom stereocenters. The van der Waals surface area contributed by atoms with E-state index < -0.39 is 17.6 Å². The number of aromatic nitrogens is 4. The Morgan fingerprint density at radius 2 is 1.80 bits per heavy atom. The van der Waals surface area contributed by atoms with Gasteiger partial charge in [0.1, 0.15) is 28.8 Å². The molecule has 2 bridgehead atoms. The van der Waals surface area contributed by atoms with E-state index in [1.165, 1.54) is 12.6 Å². The van der Waals surface area contributed by atoms with Gasteiger partial charge in [-0.2, -0.15) is 4.98 Å². The molecule has 2 saturated heterocycles. The lowest BCUT2D eigenvalue weighted by Crippen LogP contribution is -2.63. The molecule has 1 aliphatic carbocycles. The van der Waals surface area contributed by atoms with Crippen molar-refractivity contribution in [3.63, 3.8) is 0 Å². The van der Waals surface area contributed by atoms with Crippen LogP contribution >= 0.6 is 0 Å². The SMILES string of the molecule is CN(C)C(=O)c1cc2cnc(Nc3ccc(C(=O)N4CC5CCC(N5)C4C(=O)OC(C)(C)C)cn3)nc2n1C1CCCCC1. The second-order valence-corrected chi connectivity index (χ2v) is 13.4. The molecule has 2 amide bonds. The van der Waals surface area contributed by atoms with Gasteiger partial charge in [-0.25, -0.2) is 14.8 Å². The minimum absolute atomic E-state index is 0.0589. The van der Waals surface area contributed by atoms with E-state index in [1.54, 1.807) is 42.2 Å². The Morgan fingerprint density at radius 3 is 2.48 bits per heavy atom. The molecule has 3 aromatic rings. The van der Waals surface area contributed by atoms with Gasteiger partial charge in [-0.05, 0) is 64.7 Å². The van der Waals surface area contributed by atoms with Crippen molar-refractivity contribution in [2.75, 3.05) is 26.0 Å².